The van der Waals surface area contributed by atoms with Crippen molar-refractivity contribution in [3.05, 3.63) is 44.7 Å². The van der Waals surface area contributed by atoms with E-state index in [0.717, 1.165) is 5.92 Å². The average Bonchev–Trinajstić information content (AvgIpc) is 2.49. The summed E-state index contributed by atoms with van der Waals surface area (Å²) in [6.07, 6.45) is 6.17. The molecule has 0 bridgehead atoms. The largest absolute Gasteiger partial charge is 0.476 e. The van der Waals surface area contributed by atoms with Gasteiger partial charge in [-0.15, -0.1) is 0 Å². The summed E-state index contributed by atoms with van der Waals surface area (Å²) in [5.41, 5.74) is 7.78. The lowest BCUT2D eigenvalue weighted by Gasteiger charge is -2.19. The number of carboxylic acids is 1. The van der Waals surface area contributed by atoms with Crippen LogP contribution in [-0.2, 0) is 0 Å². The number of allylic oxidation sites excluding steroid dienone is 3. The maximum Gasteiger partial charge on any atom is 0.356 e. The van der Waals surface area contributed by atoms with E-state index in [-0.39, 0.29) is 20.9 Å². The third-order valence-corrected chi connectivity index (χ3v) is 4.74. The highest BCUT2D eigenvalue weighted by Crippen LogP contribution is 2.34. The minimum atomic E-state index is -1.31. The van der Waals surface area contributed by atoms with E-state index in [1.54, 1.807) is 5.57 Å². The number of hydrogen-bond donors (Lipinski definition) is 2. The predicted molar refractivity (Wildman–Crippen MR) is 96.6 cm³/mol. The third kappa shape index (κ3) is 5.41. The van der Waals surface area contributed by atoms with Gasteiger partial charge in [-0.2, -0.15) is 0 Å². The zero-order chi connectivity index (χ0) is 17.7. The van der Waals surface area contributed by atoms with E-state index in [1.807, 2.05) is 0 Å². The van der Waals surface area contributed by atoms with Crippen LogP contribution in [0.2, 0.25) is 15.2 Å². The first-order chi connectivity index (χ1) is 10.6. The Morgan fingerprint density at radius 3 is 2.43 bits per heavy atom. The number of nitrogen functional groups attached to an aromatic ring is 1. The predicted octanol–water partition coefficient (Wildman–Crippen LogP) is 5.63. The molecule has 3 N–H and O–H groups in total. The van der Waals surface area contributed by atoms with Crippen LogP contribution in [0.25, 0.3) is 0 Å². The molecule has 2 rings (SSSR count). The second kappa shape index (κ2) is 8.57. The van der Waals surface area contributed by atoms with Crippen LogP contribution in [0, 0.1) is 5.92 Å². The normalized spacial score (nSPS) is 16.9. The lowest BCUT2D eigenvalue weighted by molar-refractivity contribution is 0.0691. The van der Waals surface area contributed by atoms with Crippen molar-refractivity contribution in [3.8, 4) is 0 Å². The van der Waals surface area contributed by atoms with Crippen LogP contribution in [0.1, 0.15) is 43.6 Å². The summed E-state index contributed by atoms with van der Waals surface area (Å²) in [5.74, 6) is -0.543. The number of rotatable bonds is 2. The van der Waals surface area contributed by atoms with E-state index in [2.05, 4.69) is 31.5 Å². The van der Waals surface area contributed by atoms with Gasteiger partial charge in [0.1, 0.15) is 5.02 Å². The summed E-state index contributed by atoms with van der Waals surface area (Å²) in [5, 5.41) is 8.17. The number of nitrogens with zero attached hydrogens (tertiary/aromatic N) is 1. The smallest absolute Gasteiger partial charge is 0.356 e. The van der Waals surface area contributed by atoms with E-state index in [0.29, 0.717) is 0 Å². The van der Waals surface area contributed by atoms with Gasteiger partial charge in [-0.3, -0.25) is 0 Å². The van der Waals surface area contributed by atoms with Crippen LogP contribution < -0.4 is 5.73 Å². The number of halogens is 3. The molecular formula is C16H19Cl3N2O2. The lowest BCUT2D eigenvalue weighted by Crippen LogP contribution is -2.04. The molecule has 126 valence electrons. The Kier molecular flexibility index (Phi) is 7.39. The van der Waals surface area contributed by atoms with Gasteiger partial charge in [0, 0.05) is 0 Å². The summed E-state index contributed by atoms with van der Waals surface area (Å²) in [6.45, 7) is 8.33. The van der Waals surface area contributed by atoms with Crippen molar-refractivity contribution >= 4 is 46.5 Å². The zero-order valence-corrected chi connectivity index (χ0v) is 15.3. The fourth-order valence-electron chi connectivity index (χ4n) is 2.09. The van der Waals surface area contributed by atoms with Crippen molar-refractivity contribution < 1.29 is 9.90 Å². The Hall–Kier alpha value is -1.23. The number of carbonyl (C=O) groups is 1. The second-order valence-electron chi connectivity index (χ2n) is 5.47. The summed E-state index contributed by atoms with van der Waals surface area (Å²) in [7, 11) is 0. The molecule has 0 aromatic carbocycles. The second-order valence-corrected chi connectivity index (χ2v) is 6.58. The molecule has 1 heterocycles. The molecule has 0 aliphatic heterocycles. The first kappa shape index (κ1) is 19.8. The SMILES string of the molecule is C=C(C)C1CC=C(C)CC1.Nc1c(Cl)c(Cl)nc(C(=O)O)c1Cl. The molecule has 4 nitrogen and oxygen atoms in total. The molecule has 1 aliphatic rings. The summed E-state index contributed by atoms with van der Waals surface area (Å²) < 4.78 is 0. The molecule has 0 saturated heterocycles. The quantitative estimate of drug-likeness (QED) is 0.517. The molecule has 0 fully saturated rings. The van der Waals surface area contributed by atoms with Crippen molar-refractivity contribution in [2.24, 2.45) is 5.92 Å². The molecule has 1 aliphatic carbocycles. The molecule has 7 heteroatoms. The van der Waals surface area contributed by atoms with Crippen LogP contribution >= 0.6 is 34.8 Å². The van der Waals surface area contributed by atoms with Gasteiger partial charge in [0.05, 0.1) is 10.7 Å². The number of pyridine rings is 1. The fourth-order valence-corrected chi connectivity index (χ4v) is 2.67. The van der Waals surface area contributed by atoms with E-state index in [4.69, 9.17) is 45.6 Å². The first-order valence-corrected chi connectivity index (χ1v) is 8.12. The van der Waals surface area contributed by atoms with Crippen LogP contribution in [0.3, 0.4) is 0 Å². The molecule has 0 radical (unpaired) electrons. The van der Waals surface area contributed by atoms with Crippen molar-refractivity contribution in [1.29, 1.82) is 0 Å². The molecular weight excluding hydrogens is 359 g/mol. The maximum atomic E-state index is 10.5. The Balaban J connectivity index is 0.000000238. The average molecular weight is 378 g/mol. The molecule has 1 atom stereocenters. The van der Waals surface area contributed by atoms with Crippen molar-refractivity contribution in [2.45, 2.75) is 33.1 Å². The van der Waals surface area contributed by atoms with Crippen molar-refractivity contribution in [2.75, 3.05) is 5.73 Å². The molecule has 0 saturated carbocycles. The van der Waals surface area contributed by atoms with Crippen LogP contribution in [0.15, 0.2) is 23.8 Å². The van der Waals surface area contributed by atoms with Gasteiger partial charge < -0.3 is 10.8 Å². The molecule has 1 aromatic heterocycles. The minimum Gasteiger partial charge on any atom is -0.476 e. The molecule has 0 amide bonds. The summed E-state index contributed by atoms with van der Waals surface area (Å²) in [6, 6.07) is 0. The number of aromatic nitrogens is 1. The van der Waals surface area contributed by atoms with Crippen LogP contribution in [-0.4, -0.2) is 16.1 Å². The highest BCUT2D eigenvalue weighted by Gasteiger charge is 2.18. The number of hydrogen-bond acceptors (Lipinski definition) is 3. The highest BCUT2D eigenvalue weighted by molar-refractivity contribution is 6.46. The Morgan fingerprint density at radius 2 is 2.00 bits per heavy atom. The number of carboxylic acid groups (broad SMARTS) is 1. The Morgan fingerprint density at radius 1 is 1.39 bits per heavy atom. The number of aromatic carboxylic acids is 1. The van der Waals surface area contributed by atoms with Gasteiger partial charge in [-0.25, -0.2) is 9.78 Å². The molecule has 1 aromatic rings. The molecule has 23 heavy (non-hydrogen) atoms. The van der Waals surface area contributed by atoms with E-state index in [9.17, 15) is 4.79 Å². The monoisotopic (exact) mass is 376 g/mol. The standard InChI is InChI=1S/C10H16.C6H3Cl3N2O2/c1-8(2)10-6-4-9(3)5-7-10;7-1-3(10)2(8)5(9)11-4(1)6(12)13/h4,10H,1,5-7H2,2-3H3;(H2,10,11)(H,12,13). The summed E-state index contributed by atoms with van der Waals surface area (Å²) in [4.78, 5) is 14.0. The highest BCUT2D eigenvalue weighted by atomic mass is 35.5. The Labute approximate surface area is 150 Å². The fraction of sp³-hybridized carbons (Fsp3) is 0.375. The van der Waals surface area contributed by atoms with Gasteiger partial charge in [0.15, 0.2) is 10.8 Å². The minimum absolute atomic E-state index is 0.0448. The van der Waals surface area contributed by atoms with E-state index >= 15 is 0 Å². The van der Waals surface area contributed by atoms with E-state index in [1.165, 1.54) is 24.8 Å². The Bertz CT molecular complexity index is 657. The van der Waals surface area contributed by atoms with Crippen molar-refractivity contribution in [3.63, 3.8) is 0 Å². The van der Waals surface area contributed by atoms with Gasteiger partial charge in [0.2, 0.25) is 0 Å². The zero-order valence-electron chi connectivity index (χ0n) is 13.0. The van der Waals surface area contributed by atoms with Gasteiger partial charge in [0.25, 0.3) is 0 Å². The summed E-state index contributed by atoms with van der Waals surface area (Å²) >= 11 is 16.6. The van der Waals surface area contributed by atoms with Gasteiger partial charge >= 0.3 is 5.97 Å². The van der Waals surface area contributed by atoms with Crippen molar-refractivity contribution in [1.82, 2.24) is 4.98 Å². The van der Waals surface area contributed by atoms with Gasteiger partial charge in [-0.1, -0.05) is 58.6 Å². The third-order valence-electron chi connectivity index (χ3n) is 3.61. The number of nitrogens with two attached hydrogens (primary N) is 1. The topological polar surface area (TPSA) is 76.2 Å². The maximum absolute atomic E-state index is 10.5. The first-order valence-electron chi connectivity index (χ1n) is 6.99. The van der Waals surface area contributed by atoms with Crippen LogP contribution in [0.5, 0.6) is 0 Å². The number of anilines is 1. The van der Waals surface area contributed by atoms with E-state index < -0.39 is 11.7 Å². The molecule has 1 unspecified atom stereocenters. The van der Waals surface area contributed by atoms with Crippen LogP contribution in [0.4, 0.5) is 5.69 Å². The van der Waals surface area contributed by atoms with Gasteiger partial charge in [-0.05, 0) is 39.0 Å². The lowest BCUT2D eigenvalue weighted by atomic mass is 9.86. The molecule has 0 spiro atoms.